The van der Waals surface area contributed by atoms with Crippen LogP contribution in [0.4, 0.5) is 0 Å². The van der Waals surface area contributed by atoms with Crippen LogP contribution >= 0.6 is 0 Å². The van der Waals surface area contributed by atoms with Gasteiger partial charge in [-0.3, -0.25) is 9.59 Å². The predicted molar refractivity (Wildman–Crippen MR) is 215 cm³/mol. The Hall–Kier alpha value is -6.00. The summed E-state index contributed by atoms with van der Waals surface area (Å²) in [6.07, 6.45) is 11.5. The van der Waals surface area contributed by atoms with Gasteiger partial charge in [0.1, 0.15) is 11.5 Å². The molecular weight excluding hydrogens is 681 g/mol. The highest BCUT2D eigenvalue weighted by molar-refractivity contribution is 5.91. The zero-order valence-electron chi connectivity index (χ0n) is 30.7. The van der Waals surface area contributed by atoms with E-state index in [1.54, 1.807) is 0 Å². The van der Waals surface area contributed by atoms with Crippen LogP contribution in [0.5, 0.6) is 11.5 Å². The second kappa shape index (κ2) is 14.3. The van der Waals surface area contributed by atoms with Gasteiger partial charge in [0.05, 0.1) is 13.2 Å². The van der Waals surface area contributed by atoms with Gasteiger partial charge in [0.25, 0.3) is 0 Å². The zero-order chi connectivity index (χ0) is 37.3. The smallest absolute Gasteiger partial charge is 0.311 e. The van der Waals surface area contributed by atoms with Gasteiger partial charge in [-0.25, -0.2) is 0 Å². The van der Waals surface area contributed by atoms with Crippen LogP contribution in [0.2, 0.25) is 0 Å². The van der Waals surface area contributed by atoms with Crippen molar-refractivity contribution in [2.24, 2.45) is 5.41 Å². The van der Waals surface area contributed by atoms with Crippen LogP contribution in [0.25, 0.3) is 16.7 Å². The quantitative estimate of drug-likeness (QED) is 0.0729. The third-order valence-electron chi connectivity index (χ3n) is 12.0. The van der Waals surface area contributed by atoms with Gasteiger partial charge in [0.15, 0.2) is 0 Å². The van der Waals surface area contributed by atoms with Crippen molar-refractivity contribution in [1.82, 2.24) is 0 Å². The zero-order valence-corrected chi connectivity index (χ0v) is 30.7. The first kappa shape index (κ1) is 34.7. The largest absolute Gasteiger partial charge is 0.427 e. The number of benzene rings is 5. The molecule has 0 bridgehead atoms. The third-order valence-corrected chi connectivity index (χ3v) is 12.0. The van der Waals surface area contributed by atoms with Crippen LogP contribution in [0.15, 0.2) is 169 Å². The Morgan fingerprint density at radius 2 is 1.04 bits per heavy atom. The Kier molecular flexibility index (Phi) is 9.06. The molecule has 5 heteroatoms. The molecule has 5 nitrogen and oxygen atoms in total. The summed E-state index contributed by atoms with van der Waals surface area (Å²) in [7, 11) is 0. The van der Waals surface area contributed by atoms with Crippen LogP contribution in [-0.4, -0.2) is 25.2 Å². The van der Waals surface area contributed by atoms with E-state index in [4.69, 9.17) is 14.2 Å². The summed E-state index contributed by atoms with van der Waals surface area (Å²) >= 11 is 0. The van der Waals surface area contributed by atoms with Gasteiger partial charge in [0, 0.05) is 34.7 Å². The summed E-state index contributed by atoms with van der Waals surface area (Å²) in [4.78, 5) is 27.2. The highest BCUT2D eigenvalue weighted by atomic mass is 16.5. The monoisotopic (exact) mass is 722 g/mol. The summed E-state index contributed by atoms with van der Waals surface area (Å²) < 4.78 is 18.0. The first-order valence-electron chi connectivity index (χ1n) is 19.2. The van der Waals surface area contributed by atoms with Gasteiger partial charge in [-0.1, -0.05) is 127 Å². The van der Waals surface area contributed by atoms with E-state index in [0.29, 0.717) is 37.6 Å². The maximum Gasteiger partial charge on any atom is 0.311 e. The molecule has 1 atom stereocenters. The summed E-state index contributed by atoms with van der Waals surface area (Å²) in [6, 6.07) is 44.5. The second-order valence-electron chi connectivity index (χ2n) is 15.4. The molecule has 0 saturated carbocycles. The fraction of sp³-hybridized carbons (Fsp3) is 0.220. The maximum absolute atomic E-state index is 13.6. The minimum absolute atomic E-state index is 0.236. The highest BCUT2D eigenvalue weighted by Gasteiger charge is 2.57. The maximum atomic E-state index is 13.6. The molecular formula is C50H42O5. The molecule has 1 aliphatic heterocycles. The van der Waals surface area contributed by atoms with Gasteiger partial charge in [-0.05, 0) is 95.0 Å². The van der Waals surface area contributed by atoms with E-state index in [1.165, 1.54) is 33.4 Å². The van der Waals surface area contributed by atoms with Crippen molar-refractivity contribution < 1.29 is 23.8 Å². The van der Waals surface area contributed by atoms with Gasteiger partial charge >= 0.3 is 11.9 Å². The Morgan fingerprint density at radius 1 is 0.564 bits per heavy atom. The Bertz CT molecular complexity index is 2350. The average molecular weight is 723 g/mol. The first-order chi connectivity index (χ1) is 27.0. The molecule has 0 amide bonds. The van der Waals surface area contributed by atoms with E-state index < -0.39 is 10.8 Å². The Balaban J connectivity index is 1.12. The van der Waals surface area contributed by atoms with Crippen molar-refractivity contribution in [2.75, 3.05) is 13.2 Å². The standard InChI is InChI=1S/C50H42O5/c51-46(54-36-16-4-1-5-17-36)28-30-49(42-24-9-3-8-20-38(42)39-21-10-13-25-43(39)49)32-48(34-53-35-48)33-50(31-29-47(52)55-37-18-6-2-7-19-37)44-26-14-11-22-40(44)41-23-12-15-27-45(41)50/h1-19,21-27H,28-35H2. The normalized spacial score (nSPS) is 19.1. The first-order valence-corrected chi connectivity index (χ1v) is 19.2. The fourth-order valence-electron chi connectivity index (χ4n) is 9.81. The van der Waals surface area contributed by atoms with Gasteiger partial charge in [-0.2, -0.15) is 0 Å². The highest BCUT2D eigenvalue weighted by Crippen LogP contribution is 2.63. The average Bonchev–Trinajstić information content (AvgIpc) is 3.45. The van der Waals surface area contributed by atoms with E-state index in [-0.39, 0.29) is 30.2 Å². The lowest BCUT2D eigenvalue weighted by atomic mass is 9.56. The number of allylic oxidation sites excluding steroid dienone is 5. The molecule has 0 aromatic heterocycles. The van der Waals surface area contributed by atoms with Crippen LogP contribution in [0.1, 0.15) is 60.8 Å². The summed E-state index contributed by atoms with van der Waals surface area (Å²) in [5, 5.41) is 0. The summed E-state index contributed by atoms with van der Waals surface area (Å²) in [5.74, 6) is 0.589. The van der Waals surface area contributed by atoms with E-state index in [2.05, 4.69) is 90.7 Å². The molecule has 0 radical (unpaired) electrons. The number of carbonyl (C=O) groups excluding carboxylic acids is 2. The number of hydrogen-bond donors (Lipinski definition) is 0. The van der Waals surface area contributed by atoms with Gasteiger partial charge < -0.3 is 14.2 Å². The van der Waals surface area contributed by atoms with Crippen molar-refractivity contribution in [1.29, 1.82) is 0 Å². The lowest BCUT2D eigenvalue weighted by Crippen LogP contribution is -2.51. The van der Waals surface area contributed by atoms with Crippen LogP contribution in [0.3, 0.4) is 0 Å². The number of rotatable bonds is 12. The van der Waals surface area contributed by atoms with Crippen molar-refractivity contribution in [3.05, 3.63) is 191 Å². The van der Waals surface area contributed by atoms with Crippen molar-refractivity contribution in [3.63, 3.8) is 0 Å². The van der Waals surface area contributed by atoms with Crippen molar-refractivity contribution >= 4 is 17.5 Å². The molecule has 4 aliphatic rings. The molecule has 5 aromatic carbocycles. The lowest BCUT2D eigenvalue weighted by Gasteiger charge is -2.52. The molecule has 0 spiro atoms. The van der Waals surface area contributed by atoms with E-state index in [1.807, 2.05) is 72.8 Å². The minimum Gasteiger partial charge on any atom is -0.427 e. The summed E-state index contributed by atoms with van der Waals surface area (Å²) in [6.45, 7) is 1.15. The number of esters is 2. The molecule has 1 unspecified atom stereocenters. The van der Waals surface area contributed by atoms with Gasteiger partial charge in [0.2, 0.25) is 0 Å². The lowest BCUT2D eigenvalue weighted by molar-refractivity contribution is -0.142. The molecule has 1 fully saturated rings. The van der Waals surface area contributed by atoms with Crippen LogP contribution in [-0.2, 0) is 25.2 Å². The van der Waals surface area contributed by atoms with E-state index in [9.17, 15) is 9.59 Å². The van der Waals surface area contributed by atoms with Gasteiger partial charge in [-0.15, -0.1) is 5.73 Å². The molecule has 1 saturated heterocycles. The van der Waals surface area contributed by atoms with E-state index in [0.717, 1.165) is 24.0 Å². The molecule has 0 N–H and O–H groups in total. The predicted octanol–water partition coefficient (Wildman–Crippen LogP) is 10.5. The van der Waals surface area contributed by atoms with Crippen molar-refractivity contribution in [3.8, 4) is 22.6 Å². The molecule has 3 aliphatic carbocycles. The molecule has 5 aromatic rings. The number of carbonyl (C=O) groups is 2. The van der Waals surface area contributed by atoms with Crippen LogP contribution in [0, 0.1) is 5.41 Å². The van der Waals surface area contributed by atoms with Crippen LogP contribution < -0.4 is 9.47 Å². The third kappa shape index (κ3) is 6.30. The van der Waals surface area contributed by atoms with E-state index >= 15 is 0 Å². The van der Waals surface area contributed by atoms with Crippen molar-refractivity contribution in [2.45, 2.75) is 49.4 Å². The number of para-hydroxylation sites is 2. The minimum atomic E-state index is -0.522. The second-order valence-corrected chi connectivity index (χ2v) is 15.4. The molecule has 1 heterocycles. The summed E-state index contributed by atoms with van der Waals surface area (Å²) in [5.41, 5.74) is 11.8. The number of ether oxygens (including phenoxy) is 3. The number of hydrogen-bond acceptors (Lipinski definition) is 5. The Morgan fingerprint density at radius 3 is 1.58 bits per heavy atom. The SMILES string of the molecule is O=C(CCC1(CC2(CC3(CCC(=O)Oc4ccccc4)c4ccccc4-c4ccccc43)COC2)C2=CC=CC=C=C2c2ccccc21)Oc1ccccc1. The molecule has 55 heavy (non-hydrogen) atoms. The fourth-order valence-corrected chi connectivity index (χ4v) is 9.81. The Labute approximate surface area is 322 Å². The number of fused-ring (bicyclic) bond motifs is 6. The molecule has 272 valence electrons. The topological polar surface area (TPSA) is 61.8 Å². The molecule has 9 rings (SSSR count).